The number of alkyl carbamates (subject to hydrolysis) is 1. The van der Waals surface area contributed by atoms with Gasteiger partial charge >= 0.3 is 12.0 Å². The van der Waals surface area contributed by atoms with Gasteiger partial charge in [-0.1, -0.05) is 57.0 Å². The van der Waals surface area contributed by atoms with Crippen molar-refractivity contribution in [2.24, 2.45) is 17.3 Å². The third kappa shape index (κ3) is 8.45. The highest BCUT2D eigenvalue weighted by atomic mass is 32.2. The minimum Gasteiger partial charge on any atom is -0.470 e. The molecule has 7 rings (SSSR count). The fraction of sp³-hybridized carbons (Fsp3) is 0.579. The quantitative estimate of drug-likeness (QED) is 0.384. The van der Waals surface area contributed by atoms with Gasteiger partial charge in [0.15, 0.2) is 5.69 Å². The van der Waals surface area contributed by atoms with Gasteiger partial charge in [0.2, 0.25) is 27.7 Å². The van der Waals surface area contributed by atoms with Gasteiger partial charge in [-0.2, -0.15) is 8.78 Å². The number of ether oxygens (including phenoxy) is 2. The van der Waals surface area contributed by atoms with Crippen LogP contribution in [0.15, 0.2) is 48.6 Å². The first-order chi connectivity index (χ1) is 26.1. The summed E-state index contributed by atoms with van der Waals surface area (Å²) in [4.78, 5) is 65.4. The fourth-order valence-corrected chi connectivity index (χ4v) is 8.73. The fourth-order valence-electron chi connectivity index (χ4n) is 7.36. The van der Waals surface area contributed by atoms with Crippen LogP contribution >= 0.6 is 0 Å². The predicted molar refractivity (Wildman–Crippen MR) is 195 cm³/mol. The Bertz CT molecular complexity index is 2040. The van der Waals surface area contributed by atoms with Crippen LogP contribution in [0.2, 0.25) is 0 Å². The molecule has 17 heteroatoms. The first-order valence-electron chi connectivity index (χ1n) is 18.8. The average molecular weight is 785 g/mol. The maximum absolute atomic E-state index is 16.2. The van der Waals surface area contributed by atoms with Crippen LogP contribution < -0.4 is 20.1 Å². The SMILES string of the molecule is CC1(C)C/C=C/C(F)(F)c2nc3ccccc3nc2O[C@H]2CN3CC2C(=O)N[C@]2(C(=O)NS(=O)(=O)C4CC4)C[C@H]2/C=C/CCCCC[C@H](NC(=O)OC1)C3=O. The molecule has 3 fully saturated rings. The van der Waals surface area contributed by atoms with Crippen molar-refractivity contribution in [2.75, 3.05) is 19.7 Å². The Morgan fingerprint density at radius 3 is 2.49 bits per heavy atom. The third-order valence-corrected chi connectivity index (χ3v) is 12.7. The Morgan fingerprint density at radius 1 is 1.00 bits per heavy atom. The molecule has 296 valence electrons. The average Bonchev–Trinajstić information content (AvgIpc) is 4.05. The van der Waals surface area contributed by atoms with Crippen molar-refractivity contribution >= 4 is 44.9 Å². The second-order valence-corrected chi connectivity index (χ2v) is 18.0. The molecule has 5 atom stereocenters. The van der Waals surface area contributed by atoms with E-state index in [1.807, 2.05) is 6.08 Å². The number of halogens is 2. The smallest absolute Gasteiger partial charge is 0.407 e. The van der Waals surface area contributed by atoms with E-state index in [2.05, 4.69) is 25.3 Å². The number of aromatic nitrogens is 2. The second-order valence-electron chi connectivity index (χ2n) is 16.1. The van der Waals surface area contributed by atoms with E-state index in [9.17, 15) is 27.6 Å². The van der Waals surface area contributed by atoms with Gasteiger partial charge in [0.25, 0.3) is 5.91 Å². The molecule has 0 spiro atoms. The number of sulfonamides is 1. The number of nitrogens with zero attached hydrogens (tertiary/aromatic N) is 3. The Hall–Kier alpha value is -4.67. The number of cyclic esters (lactones) is 1. The molecule has 1 saturated heterocycles. The summed E-state index contributed by atoms with van der Waals surface area (Å²) in [6.07, 6.45) is 7.54. The molecule has 55 heavy (non-hydrogen) atoms. The van der Waals surface area contributed by atoms with Gasteiger partial charge in [0.1, 0.15) is 17.7 Å². The highest BCUT2D eigenvalue weighted by Gasteiger charge is 2.62. The van der Waals surface area contributed by atoms with E-state index in [1.165, 1.54) is 17.0 Å². The largest absolute Gasteiger partial charge is 0.470 e. The molecule has 1 unspecified atom stereocenters. The number of allylic oxidation sites excluding steroid dienone is 3. The van der Waals surface area contributed by atoms with Crippen molar-refractivity contribution in [1.82, 2.24) is 30.2 Å². The van der Waals surface area contributed by atoms with Gasteiger partial charge in [0, 0.05) is 17.9 Å². The lowest BCUT2D eigenvalue weighted by Gasteiger charge is -2.26. The van der Waals surface area contributed by atoms with Crippen molar-refractivity contribution in [2.45, 2.75) is 100 Å². The van der Waals surface area contributed by atoms with Gasteiger partial charge in [0.05, 0.1) is 35.4 Å². The standard InChI is InChI=1S/C38H46F2N6O8S/c1-36(2)17-10-18-38(39,40)30-32(42-27-13-9-8-12-26(27)41-30)54-29-21-46-20-25(29)31(47)44-37(34(49)45-55(51,52)24-15-16-24)19-23(37)11-6-4-3-5-7-14-28(33(46)48)43-35(50)53-22-36/h6,8-13,18,23-25,28-29H,3-5,7,14-17,19-22H2,1-2H3,(H,43,50)(H,44,47)(H,45,49)/b11-6+,18-10+/t23-,25?,28+,29+,37-/m1/s1. The molecule has 0 radical (unpaired) electrons. The number of hydrogen-bond donors (Lipinski definition) is 3. The summed E-state index contributed by atoms with van der Waals surface area (Å²) in [5, 5.41) is 4.80. The molecule has 4 bridgehead atoms. The molecule has 4 heterocycles. The van der Waals surface area contributed by atoms with Crippen LogP contribution in [-0.4, -0.2) is 89.7 Å². The molecular formula is C38H46F2N6O8S. The Kier molecular flexibility index (Phi) is 10.4. The zero-order valence-corrected chi connectivity index (χ0v) is 31.6. The summed E-state index contributed by atoms with van der Waals surface area (Å²) in [6, 6.07) is 5.38. The first kappa shape index (κ1) is 38.6. The molecule has 2 aromatic rings. The number of carbonyl (C=O) groups excluding carboxylic acids is 4. The van der Waals surface area contributed by atoms with Gasteiger partial charge in [-0.05, 0) is 63.2 Å². The van der Waals surface area contributed by atoms with Crippen LogP contribution in [0.1, 0.15) is 77.3 Å². The highest BCUT2D eigenvalue weighted by Crippen LogP contribution is 2.46. The number of nitrogens with one attached hydrogen (secondary N) is 3. The van der Waals surface area contributed by atoms with Crippen LogP contribution in [-0.2, 0) is 35.1 Å². The molecule has 3 N–H and O–H groups in total. The number of alkyl halides is 2. The molecule has 14 nitrogen and oxygen atoms in total. The van der Waals surface area contributed by atoms with E-state index in [0.29, 0.717) is 38.2 Å². The van der Waals surface area contributed by atoms with Crippen molar-refractivity contribution < 1.29 is 45.9 Å². The number of para-hydroxylation sites is 2. The Balaban J connectivity index is 1.29. The maximum atomic E-state index is 16.2. The maximum Gasteiger partial charge on any atom is 0.407 e. The van der Waals surface area contributed by atoms with E-state index in [0.717, 1.165) is 6.42 Å². The molecule has 1 aromatic heterocycles. The second kappa shape index (κ2) is 14.8. The molecular weight excluding hydrogens is 739 g/mol. The molecule has 2 saturated carbocycles. The van der Waals surface area contributed by atoms with E-state index in [-0.39, 0.29) is 50.0 Å². The summed E-state index contributed by atoms with van der Waals surface area (Å²) < 4.78 is 71.9. The number of benzene rings is 1. The lowest BCUT2D eigenvalue weighted by Crippen LogP contribution is -2.55. The third-order valence-electron chi connectivity index (χ3n) is 10.9. The van der Waals surface area contributed by atoms with E-state index < -0.39 is 91.5 Å². The van der Waals surface area contributed by atoms with Crippen LogP contribution in [0.5, 0.6) is 5.88 Å². The zero-order valence-electron chi connectivity index (χ0n) is 30.8. The normalized spacial score (nSPS) is 31.1. The predicted octanol–water partition coefficient (Wildman–Crippen LogP) is 4.01. The van der Waals surface area contributed by atoms with E-state index in [1.54, 1.807) is 38.1 Å². The van der Waals surface area contributed by atoms with Crippen LogP contribution in [0.3, 0.4) is 0 Å². The minimum atomic E-state index is -3.96. The number of amides is 4. The van der Waals surface area contributed by atoms with Crippen molar-refractivity contribution in [3.05, 3.63) is 54.3 Å². The molecule has 2 aliphatic carbocycles. The molecule has 1 aromatic carbocycles. The highest BCUT2D eigenvalue weighted by molar-refractivity contribution is 7.91. The summed E-state index contributed by atoms with van der Waals surface area (Å²) in [5.41, 5.74) is -2.71. The van der Waals surface area contributed by atoms with Crippen LogP contribution in [0.4, 0.5) is 13.6 Å². The summed E-state index contributed by atoms with van der Waals surface area (Å²) in [7, 11) is -3.96. The van der Waals surface area contributed by atoms with Crippen molar-refractivity contribution in [1.29, 1.82) is 0 Å². The minimum absolute atomic E-state index is 0.0980. The lowest BCUT2D eigenvalue weighted by atomic mass is 9.90. The topological polar surface area (TPSA) is 186 Å². The molecule has 4 amide bonds. The number of hydrogen-bond acceptors (Lipinski definition) is 10. The number of carbonyl (C=O) groups is 4. The van der Waals surface area contributed by atoms with Gasteiger partial charge in [-0.25, -0.2) is 23.2 Å². The summed E-state index contributed by atoms with van der Waals surface area (Å²) in [6.45, 7) is 2.86. The number of rotatable bonds is 3. The van der Waals surface area contributed by atoms with Gasteiger partial charge < -0.3 is 25.0 Å². The zero-order chi connectivity index (χ0) is 39.2. The Labute approximate surface area is 317 Å². The van der Waals surface area contributed by atoms with Crippen molar-refractivity contribution in [3.63, 3.8) is 0 Å². The lowest BCUT2D eigenvalue weighted by molar-refractivity contribution is -0.134. The Morgan fingerprint density at radius 2 is 1.75 bits per heavy atom. The van der Waals surface area contributed by atoms with Crippen molar-refractivity contribution in [3.8, 4) is 5.88 Å². The number of fused-ring (bicyclic) bond motifs is 7. The first-order valence-corrected chi connectivity index (χ1v) is 20.4. The monoisotopic (exact) mass is 784 g/mol. The van der Waals surface area contributed by atoms with E-state index >= 15 is 8.78 Å². The summed E-state index contributed by atoms with van der Waals surface area (Å²) in [5.74, 6) is -8.13. The van der Waals surface area contributed by atoms with E-state index in [4.69, 9.17) is 9.47 Å². The van der Waals surface area contributed by atoms with Gasteiger partial charge in [-0.3, -0.25) is 19.1 Å². The van der Waals surface area contributed by atoms with Gasteiger partial charge in [-0.15, -0.1) is 0 Å². The molecule has 3 aliphatic heterocycles. The van der Waals surface area contributed by atoms with Crippen LogP contribution in [0, 0.1) is 17.3 Å². The molecule has 5 aliphatic rings. The van der Waals surface area contributed by atoms with Crippen LogP contribution in [0.25, 0.3) is 11.0 Å². The summed E-state index contributed by atoms with van der Waals surface area (Å²) >= 11 is 0.